The zero-order valence-electron chi connectivity index (χ0n) is 16.0. The summed E-state index contributed by atoms with van der Waals surface area (Å²) in [5.74, 6) is 0.448. The number of hydrogen-bond donors (Lipinski definition) is 3. The maximum absolute atomic E-state index is 12.9. The average Bonchev–Trinajstić information content (AvgIpc) is 3.32. The molecule has 8 heteroatoms. The predicted octanol–water partition coefficient (Wildman–Crippen LogP) is 4.60. The first-order valence-electron chi connectivity index (χ1n) is 9.09. The van der Waals surface area contributed by atoms with E-state index in [2.05, 4.69) is 21.2 Å². The van der Waals surface area contributed by atoms with E-state index in [9.17, 15) is 4.79 Å². The van der Waals surface area contributed by atoms with E-state index in [0.29, 0.717) is 5.56 Å². The molecule has 0 atom stereocenters. The normalized spacial score (nSPS) is 10.4. The highest BCUT2D eigenvalue weighted by atomic mass is 32.1. The first-order chi connectivity index (χ1) is 14.6. The van der Waals surface area contributed by atoms with E-state index in [4.69, 9.17) is 17.0 Å². The van der Waals surface area contributed by atoms with Gasteiger partial charge in [0, 0.05) is 11.1 Å². The molecule has 0 aliphatic heterocycles. The van der Waals surface area contributed by atoms with Crippen molar-refractivity contribution in [2.75, 3.05) is 12.4 Å². The lowest BCUT2D eigenvalue weighted by atomic mass is 10.1. The Hall–Kier alpha value is -3.49. The van der Waals surface area contributed by atoms with Gasteiger partial charge in [-0.1, -0.05) is 24.3 Å². The number of fused-ring (bicyclic) bond motifs is 1. The van der Waals surface area contributed by atoms with Crippen molar-refractivity contribution >= 4 is 51.2 Å². The molecule has 0 saturated carbocycles. The first-order valence-corrected chi connectivity index (χ1v) is 10.4. The quantitative estimate of drug-likeness (QED) is 0.322. The van der Waals surface area contributed by atoms with Gasteiger partial charge in [0.2, 0.25) is 0 Å². The number of nitrogens with one attached hydrogen (secondary N) is 3. The summed E-state index contributed by atoms with van der Waals surface area (Å²) in [4.78, 5) is 18.6. The molecule has 0 fully saturated rings. The zero-order valence-corrected chi connectivity index (χ0v) is 17.6. The standard InChI is InChI=1S/C22H18N4O2S2/c1-28-15-10-8-14(9-11-15)23-22(29)26-25-21(27)17-13-19(20-7-4-12-30-20)24-18-6-3-2-5-16(17)18/h2-13H,1H3,(H,25,27)(H2,23,26,29). The number of carbonyl (C=O) groups is 1. The number of hydrazine groups is 1. The summed E-state index contributed by atoms with van der Waals surface area (Å²) in [7, 11) is 1.61. The van der Waals surface area contributed by atoms with Crippen LogP contribution in [0.4, 0.5) is 5.69 Å². The van der Waals surface area contributed by atoms with Crippen LogP contribution in [0.5, 0.6) is 5.75 Å². The van der Waals surface area contributed by atoms with Crippen molar-refractivity contribution in [3.05, 3.63) is 77.7 Å². The number of methoxy groups -OCH3 is 1. The van der Waals surface area contributed by atoms with Gasteiger partial charge in [0.25, 0.3) is 5.91 Å². The number of thiocarbonyl (C=S) groups is 1. The molecule has 6 nitrogen and oxygen atoms in total. The molecular weight excluding hydrogens is 416 g/mol. The van der Waals surface area contributed by atoms with Crippen LogP contribution in [0.2, 0.25) is 0 Å². The fourth-order valence-electron chi connectivity index (χ4n) is 2.93. The molecule has 0 spiro atoms. The number of rotatable bonds is 4. The molecule has 3 N–H and O–H groups in total. The third kappa shape index (κ3) is 4.40. The fourth-order valence-corrected chi connectivity index (χ4v) is 3.79. The van der Waals surface area contributed by atoms with Gasteiger partial charge in [-0.15, -0.1) is 11.3 Å². The van der Waals surface area contributed by atoms with E-state index in [-0.39, 0.29) is 11.0 Å². The second-order valence-electron chi connectivity index (χ2n) is 6.31. The van der Waals surface area contributed by atoms with Crippen molar-refractivity contribution in [3.63, 3.8) is 0 Å². The second-order valence-corrected chi connectivity index (χ2v) is 7.67. The lowest BCUT2D eigenvalue weighted by Crippen LogP contribution is -2.43. The van der Waals surface area contributed by atoms with Crippen LogP contribution in [0.1, 0.15) is 10.4 Å². The molecule has 4 rings (SSSR count). The van der Waals surface area contributed by atoms with Gasteiger partial charge in [0.05, 0.1) is 28.8 Å². The van der Waals surface area contributed by atoms with E-state index in [1.807, 2.05) is 66.0 Å². The number of nitrogens with zero attached hydrogens (tertiary/aromatic N) is 1. The highest BCUT2D eigenvalue weighted by Crippen LogP contribution is 2.27. The summed E-state index contributed by atoms with van der Waals surface area (Å²) >= 11 is 6.85. The molecular formula is C22H18N4O2S2. The monoisotopic (exact) mass is 434 g/mol. The zero-order chi connectivity index (χ0) is 20.9. The van der Waals surface area contributed by atoms with Crippen molar-refractivity contribution in [1.82, 2.24) is 15.8 Å². The second kappa shape index (κ2) is 8.89. The molecule has 30 heavy (non-hydrogen) atoms. The van der Waals surface area contributed by atoms with E-state index in [0.717, 1.165) is 32.9 Å². The molecule has 2 heterocycles. The molecule has 0 aliphatic carbocycles. The lowest BCUT2D eigenvalue weighted by Gasteiger charge is -2.13. The third-order valence-corrected chi connectivity index (χ3v) is 5.47. The Morgan fingerprint density at radius 1 is 1.03 bits per heavy atom. The Labute approximate surface area is 182 Å². The summed E-state index contributed by atoms with van der Waals surface area (Å²) in [6, 6.07) is 20.6. The van der Waals surface area contributed by atoms with Gasteiger partial charge in [-0.25, -0.2) is 4.98 Å². The Balaban J connectivity index is 1.50. The molecule has 2 aromatic heterocycles. The Morgan fingerprint density at radius 2 is 1.83 bits per heavy atom. The summed E-state index contributed by atoms with van der Waals surface area (Å²) in [5, 5.41) is 6.03. The van der Waals surface area contributed by atoms with E-state index in [1.54, 1.807) is 24.5 Å². The van der Waals surface area contributed by atoms with Crippen LogP contribution >= 0.6 is 23.6 Å². The molecule has 0 unspecified atom stereocenters. The van der Waals surface area contributed by atoms with Gasteiger partial charge < -0.3 is 10.1 Å². The van der Waals surface area contributed by atoms with E-state index < -0.39 is 0 Å². The van der Waals surface area contributed by atoms with Crippen LogP contribution in [0, 0.1) is 0 Å². The smallest absolute Gasteiger partial charge is 0.270 e. The van der Waals surface area contributed by atoms with Crippen LogP contribution in [0.3, 0.4) is 0 Å². The number of anilines is 1. The van der Waals surface area contributed by atoms with Gasteiger partial charge in [-0.05, 0) is 60.1 Å². The molecule has 2 aromatic carbocycles. The number of pyridine rings is 1. The lowest BCUT2D eigenvalue weighted by molar-refractivity contribution is 0.0946. The molecule has 0 bridgehead atoms. The van der Waals surface area contributed by atoms with Crippen molar-refractivity contribution in [2.45, 2.75) is 0 Å². The number of amides is 1. The van der Waals surface area contributed by atoms with Crippen molar-refractivity contribution in [1.29, 1.82) is 0 Å². The van der Waals surface area contributed by atoms with E-state index >= 15 is 0 Å². The van der Waals surface area contributed by atoms with Gasteiger partial charge in [-0.3, -0.25) is 15.6 Å². The molecule has 0 saturated heterocycles. The number of benzene rings is 2. The van der Waals surface area contributed by atoms with Gasteiger partial charge >= 0.3 is 0 Å². The topological polar surface area (TPSA) is 75.3 Å². The number of para-hydroxylation sites is 1. The third-order valence-electron chi connectivity index (χ3n) is 4.37. The molecule has 1 amide bonds. The summed E-state index contributed by atoms with van der Waals surface area (Å²) in [6.07, 6.45) is 0. The largest absolute Gasteiger partial charge is 0.497 e. The average molecular weight is 435 g/mol. The highest BCUT2D eigenvalue weighted by molar-refractivity contribution is 7.80. The van der Waals surface area contributed by atoms with Crippen molar-refractivity contribution < 1.29 is 9.53 Å². The minimum Gasteiger partial charge on any atom is -0.497 e. The molecule has 0 radical (unpaired) electrons. The van der Waals surface area contributed by atoms with Gasteiger partial charge in [0.15, 0.2) is 5.11 Å². The predicted molar refractivity (Wildman–Crippen MR) is 125 cm³/mol. The summed E-state index contributed by atoms with van der Waals surface area (Å²) in [5.41, 5.74) is 8.22. The van der Waals surface area contributed by atoms with Crippen molar-refractivity contribution in [3.8, 4) is 16.3 Å². The Kier molecular flexibility index (Phi) is 5.87. The fraction of sp³-hybridized carbons (Fsp3) is 0.0455. The van der Waals surface area contributed by atoms with Crippen LogP contribution < -0.4 is 20.9 Å². The van der Waals surface area contributed by atoms with E-state index in [1.165, 1.54) is 0 Å². The van der Waals surface area contributed by atoms with Crippen molar-refractivity contribution in [2.24, 2.45) is 0 Å². The number of thiophene rings is 1. The summed E-state index contributed by atoms with van der Waals surface area (Å²) in [6.45, 7) is 0. The molecule has 150 valence electrons. The first kappa shape index (κ1) is 19.8. The number of aromatic nitrogens is 1. The minimum absolute atomic E-state index is 0.269. The van der Waals surface area contributed by atoms with Crippen LogP contribution in [-0.2, 0) is 0 Å². The number of hydrogen-bond acceptors (Lipinski definition) is 5. The van der Waals surface area contributed by atoms with Crippen LogP contribution in [-0.4, -0.2) is 23.1 Å². The SMILES string of the molecule is COc1ccc(NC(=S)NNC(=O)c2cc(-c3cccs3)nc3ccccc23)cc1. The van der Waals surface area contributed by atoms with Crippen LogP contribution in [0.25, 0.3) is 21.5 Å². The highest BCUT2D eigenvalue weighted by Gasteiger charge is 2.14. The van der Waals surface area contributed by atoms with Gasteiger partial charge in [0.1, 0.15) is 5.75 Å². The number of carbonyl (C=O) groups excluding carboxylic acids is 1. The maximum atomic E-state index is 12.9. The Bertz CT molecular complexity index is 1190. The Morgan fingerprint density at radius 3 is 2.57 bits per heavy atom. The molecule has 4 aromatic rings. The molecule has 0 aliphatic rings. The minimum atomic E-state index is -0.301. The summed E-state index contributed by atoms with van der Waals surface area (Å²) < 4.78 is 5.14. The van der Waals surface area contributed by atoms with Gasteiger partial charge in [-0.2, -0.15) is 0 Å². The van der Waals surface area contributed by atoms with Crippen LogP contribution in [0.15, 0.2) is 72.1 Å². The number of ether oxygens (including phenoxy) is 1. The maximum Gasteiger partial charge on any atom is 0.270 e.